The maximum atomic E-state index is 11.1. The average molecular weight is 154 g/mol. The predicted octanol–water partition coefficient (Wildman–Crippen LogP) is 0.370. The van der Waals surface area contributed by atoms with E-state index in [1.807, 2.05) is 0 Å². The van der Waals surface area contributed by atoms with Crippen LogP contribution in [0.4, 0.5) is 0 Å². The summed E-state index contributed by atoms with van der Waals surface area (Å²) in [6.07, 6.45) is 0. The van der Waals surface area contributed by atoms with Gasteiger partial charge in [0, 0.05) is 11.3 Å². The Labute approximate surface area is 64.8 Å². The Hall–Kier alpha value is -0.990. The zero-order chi connectivity index (χ0) is 8.81. The van der Waals surface area contributed by atoms with Gasteiger partial charge in [0.2, 0.25) is 11.6 Å². The molecule has 0 aromatic carbocycles. The predicted molar refractivity (Wildman–Crippen MR) is 38.0 cm³/mol. The molecule has 1 aliphatic carbocycles. The van der Waals surface area contributed by atoms with Gasteiger partial charge < -0.3 is 0 Å². The van der Waals surface area contributed by atoms with Gasteiger partial charge in [0.05, 0.1) is 0 Å². The van der Waals surface area contributed by atoms with Crippen LogP contribution < -0.4 is 0 Å². The van der Waals surface area contributed by atoms with E-state index in [1.54, 1.807) is 20.8 Å². The number of Topliss-reactive ketones (excluding diaryl/α,β-unsaturated/α-hetero) is 3. The van der Waals surface area contributed by atoms with E-state index in [9.17, 15) is 14.4 Å². The highest BCUT2D eigenvalue weighted by molar-refractivity contribution is 6.68. The Morgan fingerprint density at radius 1 is 1.18 bits per heavy atom. The molecule has 60 valence electrons. The van der Waals surface area contributed by atoms with E-state index in [0.717, 1.165) is 0 Å². The maximum absolute atomic E-state index is 11.1. The lowest BCUT2D eigenvalue weighted by Gasteiger charge is -2.17. The van der Waals surface area contributed by atoms with Gasteiger partial charge in [-0.3, -0.25) is 14.4 Å². The van der Waals surface area contributed by atoms with Gasteiger partial charge in [-0.1, -0.05) is 20.8 Å². The van der Waals surface area contributed by atoms with Gasteiger partial charge in [0.1, 0.15) is 0 Å². The molecule has 1 fully saturated rings. The molecule has 0 aliphatic heterocycles. The summed E-state index contributed by atoms with van der Waals surface area (Å²) in [6, 6.07) is 0. The molecule has 0 bridgehead atoms. The molecule has 11 heavy (non-hydrogen) atoms. The van der Waals surface area contributed by atoms with Gasteiger partial charge in [0.25, 0.3) is 5.78 Å². The van der Waals surface area contributed by atoms with Crippen molar-refractivity contribution in [2.45, 2.75) is 20.8 Å². The molecule has 1 aliphatic rings. The SMILES string of the molecule is CC1C(=O)C(=O)C(=O)C1(C)C. The lowest BCUT2D eigenvalue weighted by atomic mass is 9.82. The first kappa shape index (κ1) is 8.11. The minimum absolute atomic E-state index is 0.456. The first-order chi connectivity index (χ1) is 4.89. The van der Waals surface area contributed by atoms with Crippen LogP contribution in [-0.2, 0) is 14.4 Å². The molecule has 3 heteroatoms. The highest BCUT2D eigenvalue weighted by Crippen LogP contribution is 2.34. The van der Waals surface area contributed by atoms with E-state index in [-0.39, 0.29) is 0 Å². The molecule has 0 radical (unpaired) electrons. The largest absolute Gasteiger partial charge is 0.290 e. The third-order valence-corrected chi connectivity index (χ3v) is 2.49. The molecule has 0 spiro atoms. The van der Waals surface area contributed by atoms with Crippen molar-refractivity contribution < 1.29 is 14.4 Å². The molecule has 0 aromatic heterocycles. The van der Waals surface area contributed by atoms with Crippen LogP contribution in [0.5, 0.6) is 0 Å². The van der Waals surface area contributed by atoms with Crippen molar-refractivity contribution in [3.05, 3.63) is 0 Å². The second-order valence-corrected chi connectivity index (χ2v) is 3.47. The lowest BCUT2D eigenvalue weighted by molar-refractivity contribution is -0.141. The van der Waals surface area contributed by atoms with Crippen LogP contribution in [0.25, 0.3) is 0 Å². The number of ketones is 3. The first-order valence-electron chi connectivity index (χ1n) is 3.52. The molecule has 1 unspecified atom stereocenters. The Morgan fingerprint density at radius 3 is 1.73 bits per heavy atom. The molecular weight excluding hydrogens is 144 g/mol. The van der Waals surface area contributed by atoms with Crippen LogP contribution >= 0.6 is 0 Å². The summed E-state index contributed by atoms with van der Waals surface area (Å²) in [6.45, 7) is 4.87. The quantitative estimate of drug-likeness (QED) is 0.473. The molecule has 3 nitrogen and oxygen atoms in total. The standard InChI is InChI=1S/C8H10O3/c1-4-5(9)6(10)7(11)8(4,2)3/h4H,1-3H3. The van der Waals surface area contributed by atoms with Crippen molar-refractivity contribution >= 4 is 17.3 Å². The van der Waals surface area contributed by atoms with Crippen molar-refractivity contribution in [2.24, 2.45) is 11.3 Å². The maximum Gasteiger partial charge on any atom is 0.264 e. The summed E-state index contributed by atoms with van der Waals surface area (Å²) in [7, 11) is 0. The summed E-state index contributed by atoms with van der Waals surface area (Å²) >= 11 is 0. The van der Waals surface area contributed by atoms with Gasteiger partial charge >= 0.3 is 0 Å². The van der Waals surface area contributed by atoms with E-state index >= 15 is 0 Å². The topological polar surface area (TPSA) is 51.2 Å². The van der Waals surface area contributed by atoms with E-state index in [0.29, 0.717) is 0 Å². The Morgan fingerprint density at radius 2 is 1.64 bits per heavy atom. The molecule has 1 rings (SSSR count). The summed E-state index contributed by atoms with van der Waals surface area (Å²) in [5.74, 6) is -2.38. The second-order valence-electron chi connectivity index (χ2n) is 3.47. The molecule has 1 atom stereocenters. The molecule has 0 amide bonds. The average Bonchev–Trinajstić information content (AvgIpc) is 2.06. The Bertz CT molecular complexity index is 250. The fourth-order valence-electron chi connectivity index (χ4n) is 1.13. The molecule has 0 heterocycles. The number of hydrogen-bond acceptors (Lipinski definition) is 3. The third kappa shape index (κ3) is 0.836. The lowest BCUT2D eigenvalue weighted by Crippen LogP contribution is -2.25. The van der Waals surface area contributed by atoms with E-state index in [2.05, 4.69) is 0 Å². The Kier molecular flexibility index (Phi) is 1.47. The smallest absolute Gasteiger partial charge is 0.264 e. The van der Waals surface area contributed by atoms with Crippen molar-refractivity contribution in [3.8, 4) is 0 Å². The monoisotopic (exact) mass is 154 g/mol. The normalized spacial score (nSPS) is 29.7. The van der Waals surface area contributed by atoms with E-state index in [1.165, 1.54) is 0 Å². The van der Waals surface area contributed by atoms with Crippen LogP contribution in [0.2, 0.25) is 0 Å². The van der Waals surface area contributed by atoms with Crippen LogP contribution in [0.1, 0.15) is 20.8 Å². The third-order valence-electron chi connectivity index (χ3n) is 2.49. The van der Waals surface area contributed by atoms with Crippen molar-refractivity contribution in [3.63, 3.8) is 0 Å². The number of rotatable bonds is 0. The fourth-order valence-corrected chi connectivity index (χ4v) is 1.13. The van der Waals surface area contributed by atoms with Gasteiger partial charge in [-0.25, -0.2) is 0 Å². The molecule has 1 saturated carbocycles. The molecule has 0 N–H and O–H groups in total. The summed E-state index contributed by atoms with van der Waals surface area (Å²) in [5, 5.41) is 0. The van der Waals surface area contributed by atoms with E-state index in [4.69, 9.17) is 0 Å². The summed E-state index contributed by atoms with van der Waals surface area (Å²) in [5.41, 5.74) is -0.784. The number of carbonyl (C=O) groups excluding carboxylic acids is 3. The second kappa shape index (κ2) is 2.00. The van der Waals surface area contributed by atoms with Crippen LogP contribution in [0.3, 0.4) is 0 Å². The zero-order valence-corrected chi connectivity index (χ0v) is 6.80. The molecule has 0 saturated heterocycles. The summed E-state index contributed by atoms with van der Waals surface area (Å²) < 4.78 is 0. The van der Waals surface area contributed by atoms with Gasteiger partial charge in [-0.2, -0.15) is 0 Å². The van der Waals surface area contributed by atoms with Gasteiger partial charge in [-0.15, -0.1) is 0 Å². The fraction of sp³-hybridized carbons (Fsp3) is 0.625. The van der Waals surface area contributed by atoms with Crippen molar-refractivity contribution in [1.82, 2.24) is 0 Å². The van der Waals surface area contributed by atoms with Gasteiger partial charge in [-0.05, 0) is 0 Å². The minimum atomic E-state index is -0.831. The van der Waals surface area contributed by atoms with Gasteiger partial charge in [0.15, 0.2) is 0 Å². The van der Waals surface area contributed by atoms with Crippen LogP contribution in [0, 0.1) is 11.3 Å². The minimum Gasteiger partial charge on any atom is -0.290 e. The zero-order valence-electron chi connectivity index (χ0n) is 6.80. The first-order valence-corrected chi connectivity index (χ1v) is 3.52. The van der Waals surface area contributed by atoms with Crippen molar-refractivity contribution in [1.29, 1.82) is 0 Å². The molecule has 0 aromatic rings. The number of hydrogen-bond donors (Lipinski definition) is 0. The summed E-state index contributed by atoms with van der Waals surface area (Å²) in [4.78, 5) is 32.9. The van der Waals surface area contributed by atoms with E-state index < -0.39 is 28.7 Å². The number of carbonyl (C=O) groups is 3. The Balaban J connectivity index is 3.16. The molecular formula is C8H10O3. The van der Waals surface area contributed by atoms with Crippen LogP contribution in [0.15, 0.2) is 0 Å². The van der Waals surface area contributed by atoms with Crippen LogP contribution in [-0.4, -0.2) is 17.3 Å². The highest BCUT2D eigenvalue weighted by atomic mass is 16.2. The highest BCUT2D eigenvalue weighted by Gasteiger charge is 2.51. The van der Waals surface area contributed by atoms with Crippen molar-refractivity contribution in [2.75, 3.05) is 0 Å².